The molecular weight excluding hydrogens is 387 g/mol. The molecular formula is C13H17Cl3N2O4S. The van der Waals surface area contributed by atoms with Crippen LogP contribution in [0.15, 0.2) is 23.1 Å². The average Bonchev–Trinajstić information content (AvgIpc) is 2.47. The van der Waals surface area contributed by atoms with E-state index < -0.39 is 19.7 Å². The summed E-state index contributed by atoms with van der Waals surface area (Å²) >= 11 is 16.5. The predicted molar refractivity (Wildman–Crippen MR) is 92.0 cm³/mol. The summed E-state index contributed by atoms with van der Waals surface area (Å²) in [6.45, 7) is 4.10. The van der Waals surface area contributed by atoms with Gasteiger partial charge in [-0.1, -0.05) is 48.7 Å². The number of methoxy groups -OCH3 is 1. The lowest BCUT2D eigenvalue weighted by Crippen LogP contribution is -2.31. The molecule has 1 aromatic carbocycles. The van der Waals surface area contributed by atoms with E-state index in [1.54, 1.807) is 13.8 Å². The van der Waals surface area contributed by atoms with Crippen LogP contribution in [0.25, 0.3) is 0 Å². The molecule has 0 unspecified atom stereocenters. The Hall–Kier alpha value is -0.730. The SMILES string of the molecule is CCN(CC)S(=O)(=O)c1ccc(OC)c(NC(=O)C(Cl)(Cl)Cl)c1. The van der Waals surface area contributed by atoms with E-state index in [4.69, 9.17) is 39.5 Å². The van der Waals surface area contributed by atoms with E-state index in [1.165, 1.54) is 29.6 Å². The zero-order valence-corrected chi connectivity index (χ0v) is 15.9. The van der Waals surface area contributed by atoms with E-state index in [0.29, 0.717) is 13.1 Å². The van der Waals surface area contributed by atoms with Crippen molar-refractivity contribution in [1.82, 2.24) is 4.31 Å². The fourth-order valence-corrected chi connectivity index (χ4v) is 3.48. The molecule has 1 rings (SSSR count). The minimum Gasteiger partial charge on any atom is -0.495 e. The maximum absolute atomic E-state index is 12.5. The van der Waals surface area contributed by atoms with Crippen molar-refractivity contribution in [1.29, 1.82) is 0 Å². The first-order valence-corrected chi connectivity index (χ1v) is 9.21. The van der Waals surface area contributed by atoms with Crippen LogP contribution in [0, 0.1) is 0 Å². The number of nitrogens with one attached hydrogen (secondary N) is 1. The number of anilines is 1. The third-order valence-electron chi connectivity index (χ3n) is 3.02. The Morgan fingerprint density at radius 3 is 2.26 bits per heavy atom. The number of hydrogen-bond donors (Lipinski definition) is 1. The highest BCUT2D eigenvalue weighted by Crippen LogP contribution is 2.32. The molecule has 6 nitrogen and oxygen atoms in total. The number of carbonyl (C=O) groups excluding carboxylic acids is 1. The maximum atomic E-state index is 12.5. The van der Waals surface area contributed by atoms with Crippen LogP contribution in [-0.4, -0.2) is 42.6 Å². The van der Waals surface area contributed by atoms with Gasteiger partial charge in [-0.05, 0) is 18.2 Å². The van der Waals surface area contributed by atoms with Crippen LogP contribution in [0.3, 0.4) is 0 Å². The number of ether oxygens (including phenoxy) is 1. The van der Waals surface area contributed by atoms with Crippen molar-refractivity contribution in [3.63, 3.8) is 0 Å². The zero-order chi connectivity index (χ0) is 17.8. The van der Waals surface area contributed by atoms with Gasteiger partial charge in [0.15, 0.2) is 0 Å². The molecule has 130 valence electrons. The van der Waals surface area contributed by atoms with E-state index in [1.807, 2.05) is 0 Å². The third kappa shape index (κ3) is 4.87. The van der Waals surface area contributed by atoms with Gasteiger partial charge in [0.1, 0.15) is 5.75 Å². The smallest absolute Gasteiger partial charge is 0.276 e. The summed E-state index contributed by atoms with van der Waals surface area (Å²) in [5, 5.41) is 2.35. The Morgan fingerprint density at radius 1 is 1.26 bits per heavy atom. The highest BCUT2D eigenvalue weighted by atomic mass is 35.6. The van der Waals surface area contributed by atoms with E-state index in [-0.39, 0.29) is 16.3 Å². The maximum Gasteiger partial charge on any atom is 0.276 e. The number of amides is 1. The quantitative estimate of drug-likeness (QED) is 0.741. The number of hydrogen-bond acceptors (Lipinski definition) is 4. The molecule has 23 heavy (non-hydrogen) atoms. The molecule has 0 atom stereocenters. The first kappa shape index (κ1) is 20.3. The fraction of sp³-hybridized carbons (Fsp3) is 0.462. The summed E-state index contributed by atoms with van der Waals surface area (Å²) in [6, 6.07) is 4.07. The van der Waals surface area contributed by atoms with Gasteiger partial charge in [0.25, 0.3) is 9.70 Å². The van der Waals surface area contributed by atoms with Crippen LogP contribution in [0.5, 0.6) is 5.75 Å². The van der Waals surface area contributed by atoms with Crippen molar-refractivity contribution in [2.45, 2.75) is 22.5 Å². The monoisotopic (exact) mass is 402 g/mol. The molecule has 0 saturated heterocycles. The Morgan fingerprint density at radius 2 is 1.83 bits per heavy atom. The number of sulfonamides is 1. The van der Waals surface area contributed by atoms with Gasteiger partial charge in [0.05, 0.1) is 17.7 Å². The van der Waals surface area contributed by atoms with E-state index >= 15 is 0 Å². The lowest BCUT2D eigenvalue weighted by Gasteiger charge is -2.20. The van der Waals surface area contributed by atoms with Crippen molar-refractivity contribution < 1.29 is 17.9 Å². The number of rotatable bonds is 6. The van der Waals surface area contributed by atoms with Crippen molar-refractivity contribution in [2.75, 3.05) is 25.5 Å². The molecule has 10 heteroatoms. The summed E-state index contributed by atoms with van der Waals surface area (Å²) < 4.78 is 29.2. The van der Waals surface area contributed by atoms with Gasteiger partial charge in [-0.15, -0.1) is 0 Å². The standard InChI is InChI=1S/C13H17Cl3N2O4S/c1-4-18(5-2)23(20,21)9-6-7-11(22-3)10(8-9)17-12(19)13(14,15)16/h6-8H,4-5H2,1-3H3,(H,17,19). The van der Waals surface area contributed by atoms with Gasteiger partial charge in [-0.3, -0.25) is 4.79 Å². The van der Waals surface area contributed by atoms with Crippen molar-refractivity contribution in [3.05, 3.63) is 18.2 Å². The molecule has 0 spiro atoms. The van der Waals surface area contributed by atoms with Gasteiger partial charge in [0, 0.05) is 13.1 Å². The first-order valence-electron chi connectivity index (χ1n) is 6.64. The molecule has 1 aromatic rings. The van der Waals surface area contributed by atoms with Crippen LogP contribution in [0.1, 0.15) is 13.8 Å². The molecule has 0 bridgehead atoms. The summed E-state index contributed by atoms with van der Waals surface area (Å²) in [5.41, 5.74) is 0.0945. The van der Waals surface area contributed by atoms with Gasteiger partial charge in [-0.25, -0.2) is 8.42 Å². The molecule has 0 fully saturated rings. The molecule has 1 N–H and O–H groups in total. The number of alkyl halides is 3. The third-order valence-corrected chi connectivity index (χ3v) is 5.58. The van der Waals surface area contributed by atoms with Crippen LogP contribution >= 0.6 is 34.8 Å². The Kier molecular flexibility index (Phi) is 6.97. The topological polar surface area (TPSA) is 75.7 Å². The summed E-state index contributed by atoms with van der Waals surface area (Å²) in [6.07, 6.45) is 0. The molecule has 0 aromatic heterocycles. The van der Waals surface area contributed by atoms with E-state index in [2.05, 4.69) is 5.32 Å². The van der Waals surface area contributed by atoms with Crippen molar-refractivity contribution >= 4 is 56.4 Å². The molecule has 0 radical (unpaired) electrons. The number of nitrogens with zero attached hydrogens (tertiary/aromatic N) is 1. The number of benzene rings is 1. The lowest BCUT2D eigenvalue weighted by molar-refractivity contribution is -0.115. The normalized spacial score (nSPS) is 12.3. The predicted octanol–water partition coefficient (Wildman–Crippen LogP) is 3.03. The molecule has 0 aliphatic heterocycles. The highest BCUT2D eigenvalue weighted by molar-refractivity contribution is 7.89. The highest BCUT2D eigenvalue weighted by Gasteiger charge is 2.32. The van der Waals surface area contributed by atoms with Crippen molar-refractivity contribution in [3.8, 4) is 5.75 Å². The minimum atomic E-state index is -3.69. The number of halogens is 3. The second-order valence-corrected chi connectivity index (χ2v) is 8.62. The van der Waals surface area contributed by atoms with E-state index in [0.717, 1.165) is 0 Å². The van der Waals surface area contributed by atoms with Crippen LogP contribution in [0.2, 0.25) is 0 Å². The van der Waals surface area contributed by atoms with Crippen LogP contribution in [0.4, 0.5) is 5.69 Å². The average molecular weight is 404 g/mol. The van der Waals surface area contributed by atoms with E-state index in [9.17, 15) is 13.2 Å². The largest absolute Gasteiger partial charge is 0.495 e. The Labute approximate surface area is 150 Å². The summed E-state index contributed by atoms with van der Waals surface area (Å²) in [4.78, 5) is 11.8. The van der Waals surface area contributed by atoms with Gasteiger partial charge in [0.2, 0.25) is 10.0 Å². The second kappa shape index (κ2) is 7.90. The van der Waals surface area contributed by atoms with Gasteiger partial charge in [-0.2, -0.15) is 4.31 Å². The second-order valence-electron chi connectivity index (χ2n) is 4.40. The van der Waals surface area contributed by atoms with Crippen molar-refractivity contribution in [2.24, 2.45) is 0 Å². The fourth-order valence-electron chi connectivity index (χ4n) is 1.85. The van der Waals surface area contributed by atoms with Crippen LogP contribution in [-0.2, 0) is 14.8 Å². The lowest BCUT2D eigenvalue weighted by atomic mass is 10.3. The summed E-state index contributed by atoms with van der Waals surface area (Å²) in [5.74, 6) is -0.677. The Bertz CT molecular complexity index is 670. The molecule has 1 amide bonds. The molecule has 0 aliphatic carbocycles. The molecule has 0 aliphatic rings. The first-order chi connectivity index (χ1) is 10.6. The zero-order valence-electron chi connectivity index (χ0n) is 12.8. The van der Waals surface area contributed by atoms with Crippen LogP contribution < -0.4 is 10.1 Å². The van der Waals surface area contributed by atoms with Gasteiger partial charge < -0.3 is 10.1 Å². The summed E-state index contributed by atoms with van der Waals surface area (Å²) in [7, 11) is -2.32. The number of carbonyl (C=O) groups is 1. The minimum absolute atomic E-state index is 0.00150. The Balaban J connectivity index is 3.30. The van der Waals surface area contributed by atoms with Gasteiger partial charge >= 0.3 is 0 Å². The molecule has 0 saturated carbocycles. The molecule has 0 heterocycles.